The van der Waals surface area contributed by atoms with E-state index in [1.54, 1.807) is 31.2 Å². The molecule has 0 aliphatic heterocycles. The minimum Gasteiger partial charge on any atom is -0.482 e. The van der Waals surface area contributed by atoms with E-state index >= 15 is 0 Å². The first-order valence-electron chi connectivity index (χ1n) is 8.34. The third-order valence-electron chi connectivity index (χ3n) is 4.29. The minimum absolute atomic E-state index is 0.165. The van der Waals surface area contributed by atoms with Crippen molar-refractivity contribution < 1.29 is 19.1 Å². The Bertz CT molecular complexity index is 561. The fourth-order valence-electron chi connectivity index (χ4n) is 2.79. The van der Waals surface area contributed by atoms with Gasteiger partial charge in [0.05, 0.1) is 0 Å². The van der Waals surface area contributed by atoms with E-state index in [0.717, 1.165) is 19.3 Å². The predicted octanol–water partition coefficient (Wildman–Crippen LogP) is 3.35. The van der Waals surface area contributed by atoms with Gasteiger partial charge in [-0.2, -0.15) is 0 Å². The minimum atomic E-state index is -0.833. The van der Waals surface area contributed by atoms with Gasteiger partial charge in [-0.1, -0.05) is 31.4 Å². The topological polar surface area (TPSA) is 64.6 Å². The molecule has 1 aliphatic rings. The first-order chi connectivity index (χ1) is 11.5. The Morgan fingerprint density at radius 1 is 1.25 bits per heavy atom. The van der Waals surface area contributed by atoms with Crippen LogP contribution in [0.15, 0.2) is 24.3 Å². The molecule has 1 saturated carbocycles. The van der Waals surface area contributed by atoms with Crippen LogP contribution in [0.25, 0.3) is 0 Å². The van der Waals surface area contributed by atoms with E-state index in [4.69, 9.17) is 21.1 Å². The molecule has 1 aromatic rings. The van der Waals surface area contributed by atoms with Gasteiger partial charge in [0.15, 0.2) is 12.7 Å². The van der Waals surface area contributed by atoms with Crippen LogP contribution in [0.3, 0.4) is 0 Å². The first kappa shape index (κ1) is 18.6. The Labute approximate surface area is 147 Å². The highest BCUT2D eigenvalue weighted by molar-refractivity contribution is 6.30. The van der Waals surface area contributed by atoms with Crippen LogP contribution in [0.1, 0.15) is 39.5 Å². The number of ether oxygens (including phenoxy) is 2. The predicted molar refractivity (Wildman–Crippen MR) is 92.1 cm³/mol. The van der Waals surface area contributed by atoms with Gasteiger partial charge in [0, 0.05) is 11.1 Å². The number of hydrogen-bond acceptors (Lipinski definition) is 4. The zero-order valence-corrected chi connectivity index (χ0v) is 14.8. The van der Waals surface area contributed by atoms with E-state index in [1.165, 1.54) is 6.42 Å². The monoisotopic (exact) mass is 353 g/mol. The number of carbonyl (C=O) groups is 2. The molecule has 1 aliphatic carbocycles. The maximum atomic E-state index is 12.2. The van der Waals surface area contributed by atoms with Crippen molar-refractivity contribution in [3.63, 3.8) is 0 Å². The average Bonchev–Trinajstić information content (AvgIpc) is 2.56. The van der Waals surface area contributed by atoms with Crippen LogP contribution in [0.4, 0.5) is 0 Å². The lowest BCUT2D eigenvalue weighted by molar-refractivity contribution is -0.157. The second-order valence-electron chi connectivity index (χ2n) is 6.25. The van der Waals surface area contributed by atoms with Gasteiger partial charge in [-0.15, -0.1) is 0 Å². The summed E-state index contributed by atoms with van der Waals surface area (Å²) in [5, 5.41) is 3.57. The van der Waals surface area contributed by atoms with Crippen molar-refractivity contribution in [1.82, 2.24) is 5.32 Å². The third-order valence-corrected chi connectivity index (χ3v) is 4.54. The summed E-state index contributed by atoms with van der Waals surface area (Å²) in [5.74, 6) is 0.140. The van der Waals surface area contributed by atoms with Gasteiger partial charge in [0.2, 0.25) is 0 Å². The molecule has 0 aromatic heterocycles. The Hall–Kier alpha value is -1.75. The highest BCUT2D eigenvalue weighted by Gasteiger charge is 2.26. The second-order valence-corrected chi connectivity index (χ2v) is 6.69. The zero-order chi connectivity index (χ0) is 17.5. The van der Waals surface area contributed by atoms with Gasteiger partial charge in [0.1, 0.15) is 5.75 Å². The summed E-state index contributed by atoms with van der Waals surface area (Å²) >= 11 is 5.78. The zero-order valence-electron chi connectivity index (χ0n) is 14.1. The van der Waals surface area contributed by atoms with Crippen molar-refractivity contribution >= 4 is 23.5 Å². The van der Waals surface area contributed by atoms with Crippen LogP contribution in [-0.4, -0.2) is 30.6 Å². The SMILES string of the molecule is C[C@@H]1CCCC[C@H]1NC(=O)[C@@H](C)OC(=O)COc1ccc(Cl)cc1. The summed E-state index contributed by atoms with van der Waals surface area (Å²) in [4.78, 5) is 24.0. The van der Waals surface area contributed by atoms with Gasteiger partial charge in [-0.3, -0.25) is 4.79 Å². The molecule has 0 saturated heterocycles. The molecular weight excluding hydrogens is 330 g/mol. The highest BCUT2D eigenvalue weighted by atomic mass is 35.5. The van der Waals surface area contributed by atoms with Crippen LogP contribution in [0.2, 0.25) is 5.02 Å². The molecule has 0 spiro atoms. The van der Waals surface area contributed by atoms with E-state index < -0.39 is 12.1 Å². The first-order valence-corrected chi connectivity index (χ1v) is 8.71. The van der Waals surface area contributed by atoms with Crippen molar-refractivity contribution in [3.8, 4) is 5.75 Å². The molecule has 1 amide bonds. The number of rotatable bonds is 6. The van der Waals surface area contributed by atoms with Crippen molar-refractivity contribution in [2.45, 2.75) is 51.7 Å². The van der Waals surface area contributed by atoms with Gasteiger partial charge >= 0.3 is 5.97 Å². The number of halogens is 1. The highest BCUT2D eigenvalue weighted by Crippen LogP contribution is 2.23. The molecule has 5 nitrogen and oxygen atoms in total. The van der Waals surface area contributed by atoms with Crippen molar-refractivity contribution in [3.05, 3.63) is 29.3 Å². The standard InChI is InChI=1S/C18H24ClNO4/c1-12-5-3-4-6-16(12)20-18(22)13(2)24-17(21)11-23-15-9-7-14(19)8-10-15/h7-10,12-13,16H,3-6,11H2,1-2H3,(H,20,22)/t12-,13-,16-/m1/s1. The number of amides is 1. The summed E-state index contributed by atoms with van der Waals surface area (Å²) < 4.78 is 10.4. The summed E-state index contributed by atoms with van der Waals surface area (Å²) in [7, 11) is 0. The number of benzene rings is 1. The van der Waals surface area contributed by atoms with Gasteiger partial charge in [-0.25, -0.2) is 4.79 Å². The number of hydrogen-bond donors (Lipinski definition) is 1. The van der Waals surface area contributed by atoms with Crippen molar-refractivity contribution in [1.29, 1.82) is 0 Å². The fraction of sp³-hybridized carbons (Fsp3) is 0.556. The summed E-state index contributed by atoms with van der Waals surface area (Å²) in [5.41, 5.74) is 0. The van der Waals surface area contributed by atoms with Crippen LogP contribution >= 0.6 is 11.6 Å². The van der Waals surface area contributed by atoms with Crippen LogP contribution in [0.5, 0.6) is 5.75 Å². The molecule has 0 radical (unpaired) electrons. The lowest BCUT2D eigenvalue weighted by Crippen LogP contribution is -2.46. The number of nitrogens with one attached hydrogen (secondary N) is 1. The number of carbonyl (C=O) groups excluding carboxylic acids is 2. The molecular formula is C18H24ClNO4. The van der Waals surface area contributed by atoms with Gasteiger partial charge < -0.3 is 14.8 Å². The Kier molecular flexibility index (Phi) is 6.91. The molecule has 0 unspecified atom stereocenters. The fourth-order valence-corrected chi connectivity index (χ4v) is 2.91. The van der Waals surface area contributed by atoms with E-state index in [1.807, 2.05) is 0 Å². The summed E-state index contributed by atoms with van der Waals surface area (Å²) in [6, 6.07) is 6.83. The molecule has 0 bridgehead atoms. The van der Waals surface area contributed by atoms with E-state index in [0.29, 0.717) is 16.7 Å². The van der Waals surface area contributed by atoms with Crippen LogP contribution in [0, 0.1) is 5.92 Å². The normalized spacial score (nSPS) is 21.6. The maximum Gasteiger partial charge on any atom is 0.344 e. The molecule has 3 atom stereocenters. The average molecular weight is 354 g/mol. The smallest absolute Gasteiger partial charge is 0.344 e. The molecule has 132 valence electrons. The second kappa shape index (κ2) is 8.92. The van der Waals surface area contributed by atoms with Gasteiger partial charge in [-0.05, 0) is 49.9 Å². The summed E-state index contributed by atoms with van der Waals surface area (Å²) in [6.45, 7) is 3.46. The molecule has 2 rings (SSSR count). The quantitative estimate of drug-likeness (QED) is 0.796. The van der Waals surface area contributed by atoms with Crippen molar-refractivity contribution in [2.24, 2.45) is 5.92 Å². The Balaban J connectivity index is 1.73. The van der Waals surface area contributed by atoms with Crippen LogP contribution in [-0.2, 0) is 14.3 Å². The third kappa shape index (κ3) is 5.71. The van der Waals surface area contributed by atoms with Crippen molar-refractivity contribution in [2.75, 3.05) is 6.61 Å². The lowest BCUT2D eigenvalue weighted by Gasteiger charge is -2.30. The van der Waals surface area contributed by atoms with E-state index in [2.05, 4.69) is 12.2 Å². The van der Waals surface area contributed by atoms with Gasteiger partial charge in [0.25, 0.3) is 5.91 Å². The molecule has 1 aromatic carbocycles. The number of esters is 1. The maximum absolute atomic E-state index is 12.2. The molecule has 1 N–H and O–H groups in total. The molecule has 1 fully saturated rings. The molecule has 6 heteroatoms. The van der Waals surface area contributed by atoms with E-state index in [9.17, 15) is 9.59 Å². The molecule has 0 heterocycles. The van der Waals surface area contributed by atoms with Crippen LogP contribution < -0.4 is 10.1 Å². The lowest BCUT2D eigenvalue weighted by atomic mass is 9.86. The molecule has 24 heavy (non-hydrogen) atoms. The Morgan fingerprint density at radius 3 is 2.58 bits per heavy atom. The summed E-state index contributed by atoms with van der Waals surface area (Å²) in [6.07, 6.45) is 3.60. The van der Waals surface area contributed by atoms with E-state index in [-0.39, 0.29) is 18.6 Å². The Morgan fingerprint density at radius 2 is 1.92 bits per heavy atom. The largest absolute Gasteiger partial charge is 0.482 e.